The van der Waals surface area contributed by atoms with Crippen LogP contribution in [0.3, 0.4) is 0 Å². The van der Waals surface area contributed by atoms with E-state index in [0.717, 1.165) is 6.54 Å². The molecule has 0 bridgehead atoms. The Kier molecular flexibility index (Phi) is 3.32. The molecule has 0 saturated heterocycles. The van der Waals surface area contributed by atoms with Gasteiger partial charge < -0.3 is 9.84 Å². The Balaban J connectivity index is 2.19. The maximum Gasteiger partial charge on any atom is 0.335 e. The Labute approximate surface area is 105 Å². The van der Waals surface area contributed by atoms with Gasteiger partial charge in [0.15, 0.2) is 5.75 Å². The Bertz CT molecular complexity index is 575. The lowest BCUT2D eigenvalue weighted by molar-refractivity contribution is 0.0696. The third kappa shape index (κ3) is 2.51. The van der Waals surface area contributed by atoms with Gasteiger partial charge in [-0.2, -0.15) is 5.10 Å². The first-order chi connectivity index (χ1) is 8.60. The average molecular weight is 246 g/mol. The quantitative estimate of drug-likeness (QED) is 0.900. The predicted molar refractivity (Wildman–Crippen MR) is 66.1 cm³/mol. The summed E-state index contributed by atoms with van der Waals surface area (Å²) in [7, 11) is 0. The van der Waals surface area contributed by atoms with Crippen molar-refractivity contribution in [2.75, 3.05) is 0 Å². The molecule has 0 fully saturated rings. The second-order valence-electron chi connectivity index (χ2n) is 3.92. The van der Waals surface area contributed by atoms with Crippen LogP contribution < -0.4 is 4.74 Å². The Morgan fingerprint density at radius 2 is 2.22 bits per heavy atom. The number of nitrogens with zero attached hydrogens (tertiary/aromatic N) is 2. The van der Waals surface area contributed by atoms with Crippen LogP contribution in [0, 0.1) is 6.92 Å². The highest BCUT2D eigenvalue weighted by molar-refractivity contribution is 5.89. The van der Waals surface area contributed by atoms with Crippen molar-refractivity contribution in [3.63, 3.8) is 0 Å². The van der Waals surface area contributed by atoms with Gasteiger partial charge in [-0.25, -0.2) is 4.79 Å². The van der Waals surface area contributed by atoms with Crippen molar-refractivity contribution in [3.8, 4) is 11.5 Å². The molecular formula is C13H14N2O3. The normalized spacial score (nSPS) is 10.3. The number of aromatic carboxylic acids is 1. The van der Waals surface area contributed by atoms with Gasteiger partial charge in [0.05, 0.1) is 18.0 Å². The van der Waals surface area contributed by atoms with Crippen LogP contribution in [0.1, 0.15) is 22.8 Å². The number of carboxylic acid groups (broad SMARTS) is 1. The van der Waals surface area contributed by atoms with Crippen molar-refractivity contribution in [2.24, 2.45) is 0 Å². The third-order valence-corrected chi connectivity index (χ3v) is 2.60. The summed E-state index contributed by atoms with van der Waals surface area (Å²) in [6.07, 6.45) is 3.42. The fourth-order valence-corrected chi connectivity index (χ4v) is 1.65. The number of carbonyl (C=O) groups is 1. The van der Waals surface area contributed by atoms with E-state index in [1.807, 2.05) is 6.92 Å². The highest BCUT2D eigenvalue weighted by Crippen LogP contribution is 2.23. The first kappa shape index (κ1) is 12.2. The van der Waals surface area contributed by atoms with Crippen molar-refractivity contribution < 1.29 is 14.6 Å². The van der Waals surface area contributed by atoms with E-state index in [4.69, 9.17) is 9.84 Å². The number of aromatic nitrogens is 2. The van der Waals surface area contributed by atoms with Crippen molar-refractivity contribution in [2.45, 2.75) is 20.4 Å². The zero-order valence-corrected chi connectivity index (χ0v) is 10.3. The van der Waals surface area contributed by atoms with Crippen molar-refractivity contribution in [3.05, 3.63) is 41.7 Å². The summed E-state index contributed by atoms with van der Waals surface area (Å²) in [5.41, 5.74) is 0.953. The maximum absolute atomic E-state index is 10.9. The van der Waals surface area contributed by atoms with E-state index in [1.54, 1.807) is 36.1 Å². The molecule has 1 aromatic heterocycles. The lowest BCUT2D eigenvalue weighted by Gasteiger charge is -2.05. The highest BCUT2D eigenvalue weighted by Gasteiger charge is 2.08. The largest absolute Gasteiger partial charge is 0.478 e. The second kappa shape index (κ2) is 4.91. The molecule has 94 valence electrons. The van der Waals surface area contributed by atoms with E-state index in [2.05, 4.69) is 5.10 Å². The topological polar surface area (TPSA) is 64.3 Å². The number of hydrogen-bond donors (Lipinski definition) is 1. The van der Waals surface area contributed by atoms with E-state index in [1.165, 1.54) is 6.07 Å². The summed E-state index contributed by atoms with van der Waals surface area (Å²) in [5, 5.41) is 13.0. The summed E-state index contributed by atoms with van der Waals surface area (Å²) in [5.74, 6) is 0.310. The molecule has 2 aromatic rings. The molecule has 1 N–H and O–H groups in total. The summed E-state index contributed by atoms with van der Waals surface area (Å²) in [4.78, 5) is 10.9. The van der Waals surface area contributed by atoms with Gasteiger partial charge in [0.25, 0.3) is 0 Å². The Morgan fingerprint density at radius 3 is 2.78 bits per heavy atom. The second-order valence-corrected chi connectivity index (χ2v) is 3.92. The summed E-state index contributed by atoms with van der Waals surface area (Å²) in [6.45, 7) is 4.51. The van der Waals surface area contributed by atoms with Crippen LogP contribution in [-0.2, 0) is 6.54 Å². The minimum Gasteiger partial charge on any atom is -0.478 e. The first-order valence-electron chi connectivity index (χ1n) is 5.64. The molecule has 0 aliphatic heterocycles. The Morgan fingerprint density at radius 1 is 1.44 bits per heavy atom. The van der Waals surface area contributed by atoms with E-state index in [9.17, 15) is 4.79 Å². The minimum absolute atomic E-state index is 0.284. The molecule has 0 atom stereocenters. The summed E-state index contributed by atoms with van der Waals surface area (Å²) >= 11 is 0. The van der Waals surface area contributed by atoms with Crippen molar-refractivity contribution >= 4 is 5.97 Å². The smallest absolute Gasteiger partial charge is 0.335 e. The molecule has 18 heavy (non-hydrogen) atoms. The number of aryl methyl sites for hydroxylation is 2. The standard InChI is InChI=1S/C13H14N2O3/c1-3-15-8-11(7-14-15)18-10-4-5-12(13(16)17)9(2)6-10/h4-8H,3H2,1-2H3,(H,16,17). The van der Waals surface area contributed by atoms with Crippen LogP contribution in [0.25, 0.3) is 0 Å². The molecule has 0 amide bonds. The molecule has 0 aliphatic carbocycles. The molecule has 0 unspecified atom stereocenters. The van der Waals surface area contributed by atoms with Gasteiger partial charge in [0.1, 0.15) is 5.75 Å². The average Bonchev–Trinajstić information content (AvgIpc) is 2.76. The molecule has 2 rings (SSSR count). The minimum atomic E-state index is -0.933. The molecule has 5 nitrogen and oxygen atoms in total. The SMILES string of the molecule is CCn1cc(Oc2ccc(C(=O)O)c(C)c2)cn1. The maximum atomic E-state index is 10.9. The Hall–Kier alpha value is -2.30. The number of benzene rings is 1. The number of rotatable bonds is 4. The molecule has 1 aromatic carbocycles. The molecule has 0 spiro atoms. The molecule has 1 heterocycles. The van der Waals surface area contributed by atoms with Gasteiger partial charge in [0, 0.05) is 6.54 Å². The molecule has 0 aliphatic rings. The fraction of sp³-hybridized carbons (Fsp3) is 0.231. The summed E-state index contributed by atoms with van der Waals surface area (Å²) in [6, 6.07) is 4.88. The number of ether oxygens (including phenoxy) is 1. The van der Waals surface area contributed by atoms with E-state index < -0.39 is 5.97 Å². The van der Waals surface area contributed by atoms with Crippen LogP contribution in [0.15, 0.2) is 30.6 Å². The van der Waals surface area contributed by atoms with Crippen LogP contribution in [0.2, 0.25) is 0 Å². The van der Waals surface area contributed by atoms with Crippen LogP contribution in [-0.4, -0.2) is 20.9 Å². The first-order valence-corrected chi connectivity index (χ1v) is 5.64. The monoisotopic (exact) mass is 246 g/mol. The van der Waals surface area contributed by atoms with E-state index in [-0.39, 0.29) is 5.56 Å². The van der Waals surface area contributed by atoms with Gasteiger partial charge in [-0.05, 0) is 37.6 Å². The summed E-state index contributed by atoms with van der Waals surface area (Å²) < 4.78 is 7.36. The predicted octanol–water partition coefficient (Wildman–Crippen LogP) is 2.70. The van der Waals surface area contributed by atoms with Gasteiger partial charge in [-0.3, -0.25) is 4.68 Å². The third-order valence-electron chi connectivity index (χ3n) is 2.60. The zero-order chi connectivity index (χ0) is 13.1. The van der Waals surface area contributed by atoms with Gasteiger partial charge in [0.2, 0.25) is 0 Å². The number of carboxylic acids is 1. The van der Waals surface area contributed by atoms with E-state index >= 15 is 0 Å². The molecule has 0 radical (unpaired) electrons. The van der Waals surface area contributed by atoms with Crippen LogP contribution >= 0.6 is 0 Å². The lowest BCUT2D eigenvalue weighted by atomic mass is 10.1. The highest BCUT2D eigenvalue weighted by atomic mass is 16.5. The zero-order valence-electron chi connectivity index (χ0n) is 10.3. The fourth-order valence-electron chi connectivity index (χ4n) is 1.65. The van der Waals surface area contributed by atoms with Gasteiger partial charge >= 0.3 is 5.97 Å². The van der Waals surface area contributed by atoms with Gasteiger partial charge in [-0.1, -0.05) is 0 Å². The molecule has 5 heteroatoms. The van der Waals surface area contributed by atoms with Gasteiger partial charge in [-0.15, -0.1) is 0 Å². The van der Waals surface area contributed by atoms with Crippen molar-refractivity contribution in [1.29, 1.82) is 0 Å². The molecular weight excluding hydrogens is 232 g/mol. The van der Waals surface area contributed by atoms with Crippen LogP contribution in [0.5, 0.6) is 11.5 Å². The van der Waals surface area contributed by atoms with Crippen LogP contribution in [0.4, 0.5) is 0 Å². The van der Waals surface area contributed by atoms with Crippen molar-refractivity contribution in [1.82, 2.24) is 9.78 Å². The lowest BCUT2D eigenvalue weighted by Crippen LogP contribution is -1.99. The number of hydrogen-bond acceptors (Lipinski definition) is 3. The molecule has 0 saturated carbocycles. The van der Waals surface area contributed by atoms with E-state index in [0.29, 0.717) is 17.1 Å².